The monoisotopic (exact) mass is 163 g/mol. The summed E-state index contributed by atoms with van der Waals surface area (Å²) in [5.41, 5.74) is 6.77. The molecule has 1 aliphatic heterocycles. The summed E-state index contributed by atoms with van der Waals surface area (Å²) in [7, 11) is 0. The first-order valence-corrected chi connectivity index (χ1v) is 4.22. The zero-order valence-electron chi connectivity index (χ0n) is 6.53. The third-order valence-electron chi connectivity index (χ3n) is 3.05. The van der Waals surface area contributed by atoms with Crippen molar-refractivity contribution in [3.63, 3.8) is 0 Å². The first-order chi connectivity index (χ1) is 5.77. The highest BCUT2D eigenvalue weighted by molar-refractivity contribution is 6.44. The van der Waals surface area contributed by atoms with Crippen molar-refractivity contribution in [3.05, 3.63) is 0 Å². The molecule has 1 heterocycles. The highest BCUT2D eigenvalue weighted by Gasteiger charge is 2.55. The lowest BCUT2D eigenvalue weighted by molar-refractivity contribution is -0.112. The van der Waals surface area contributed by atoms with Crippen LogP contribution in [0.5, 0.6) is 0 Å². The molecule has 2 fully saturated rings. The molecular formula is C8H9N3O. The molecule has 12 heavy (non-hydrogen) atoms. The molecule has 62 valence electrons. The number of hydrogen-bond acceptors (Lipinski definition) is 3. The normalized spacial score (nSPS) is 41.5. The van der Waals surface area contributed by atoms with E-state index in [1.54, 1.807) is 0 Å². The molecule has 0 aromatic rings. The van der Waals surface area contributed by atoms with Crippen LogP contribution in [-0.4, -0.2) is 17.3 Å². The third-order valence-corrected chi connectivity index (χ3v) is 3.05. The van der Waals surface area contributed by atoms with E-state index in [9.17, 15) is 4.79 Å². The van der Waals surface area contributed by atoms with Gasteiger partial charge in [0.25, 0.3) is 5.91 Å². The van der Waals surface area contributed by atoms with Gasteiger partial charge in [-0.3, -0.25) is 4.79 Å². The van der Waals surface area contributed by atoms with Gasteiger partial charge in [-0.2, -0.15) is 5.10 Å². The van der Waals surface area contributed by atoms with Gasteiger partial charge in [0.15, 0.2) is 0 Å². The predicted octanol–water partition coefficient (Wildman–Crippen LogP) is -0.0617. The summed E-state index contributed by atoms with van der Waals surface area (Å²) in [6, 6.07) is 0. The van der Waals surface area contributed by atoms with Gasteiger partial charge in [0.1, 0.15) is 5.71 Å². The van der Waals surface area contributed by atoms with Gasteiger partial charge in [0, 0.05) is 11.8 Å². The lowest BCUT2D eigenvalue weighted by Gasteiger charge is -2.05. The number of rotatable bonds is 1. The Morgan fingerprint density at radius 3 is 3.00 bits per heavy atom. The minimum atomic E-state index is -0.403. The number of fused-ring (bicyclic) bond motifs is 3. The summed E-state index contributed by atoms with van der Waals surface area (Å²) in [6.07, 6.45) is 2.29. The van der Waals surface area contributed by atoms with Crippen LogP contribution in [0.2, 0.25) is 0 Å². The van der Waals surface area contributed by atoms with Crippen LogP contribution >= 0.6 is 0 Å². The minimum absolute atomic E-state index is 0.186. The number of nitrogens with zero attached hydrogens (tertiary/aromatic N) is 2. The smallest absolute Gasteiger partial charge is 0.265 e. The second-order valence-corrected chi connectivity index (χ2v) is 3.76. The van der Waals surface area contributed by atoms with Gasteiger partial charge >= 0.3 is 0 Å². The molecule has 4 nitrogen and oxygen atoms in total. The molecule has 3 aliphatic rings. The molecule has 2 saturated carbocycles. The molecule has 2 aliphatic carbocycles. The van der Waals surface area contributed by atoms with Crippen molar-refractivity contribution >= 4 is 17.3 Å². The fourth-order valence-electron chi connectivity index (χ4n) is 2.35. The van der Waals surface area contributed by atoms with Crippen LogP contribution in [0.15, 0.2) is 10.2 Å². The van der Waals surface area contributed by atoms with Gasteiger partial charge < -0.3 is 5.73 Å². The molecule has 0 spiro atoms. The van der Waals surface area contributed by atoms with E-state index in [1.807, 2.05) is 0 Å². The summed E-state index contributed by atoms with van der Waals surface area (Å²) in [4.78, 5) is 10.9. The van der Waals surface area contributed by atoms with Crippen LogP contribution < -0.4 is 5.73 Å². The van der Waals surface area contributed by atoms with Gasteiger partial charge in [-0.25, -0.2) is 0 Å². The van der Waals surface area contributed by atoms with Crippen LogP contribution in [0.3, 0.4) is 0 Å². The van der Waals surface area contributed by atoms with E-state index in [1.165, 1.54) is 6.42 Å². The van der Waals surface area contributed by atoms with Crippen molar-refractivity contribution in [2.24, 2.45) is 33.7 Å². The Labute approximate surface area is 69.5 Å². The van der Waals surface area contributed by atoms with Crippen molar-refractivity contribution in [3.8, 4) is 0 Å². The molecule has 0 aromatic carbocycles. The minimum Gasteiger partial charge on any atom is -0.364 e. The SMILES string of the molecule is NC(=O)C1=NN=C2C1CC1CC21. The van der Waals surface area contributed by atoms with Gasteiger partial charge in [-0.15, -0.1) is 5.10 Å². The van der Waals surface area contributed by atoms with Crippen LogP contribution in [0.1, 0.15) is 12.8 Å². The molecule has 1 amide bonds. The molecule has 3 unspecified atom stereocenters. The van der Waals surface area contributed by atoms with Crippen LogP contribution in [0, 0.1) is 17.8 Å². The van der Waals surface area contributed by atoms with Crippen LogP contribution in [0.25, 0.3) is 0 Å². The second-order valence-electron chi connectivity index (χ2n) is 3.76. The average Bonchev–Trinajstić information content (AvgIpc) is 2.54. The number of nitrogens with two attached hydrogens (primary N) is 1. The molecule has 3 rings (SSSR count). The molecule has 0 aromatic heterocycles. The zero-order valence-corrected chi connectivity index (χ0v) is 6.53. The van der Waals surface area contributed by atoms with Crippen molar-refractivity contribution < 1.29 is 4.79 Å². The Balaban J connectivity index is 1.93. The Hall–Kier alpha value is -1.19. The maximum Gasteiger partial charge on any atom is 0.265 e. The Bertz CT molecular complexity index is 331. The fourth-order valence-corrected chi connectivity index (χ4v) is 2.35. The quantitative estimate of drug-likeness (QED) is 0.578. The molecule has 0 radical (unpaired) electrons. The van der Waals surface area contributed by atoms with Gasteiger partial charge in [0.2, 0.25) is 0 Å². The zero-order chi connectivity index (χ0) is 8.29. The van der Waals surface area contributed by atoms with Crippen LogP contribution in [-0.2, 0) is 4.79 Å². The van der Waals surface area contributed by atoms with Gasteiger partial charge in [-0.1, -0.05) is 0 Å². The van der Waals surface area contributed by atoms with E-state index >= 15 is 0 Å². The third kappa shape index (κ3) is 0.605. The Kier molecular flexibility index (Phi) is 0.929. The maximum absolute atomic E-state index is 10.9. The number of carbonyl (C=O) groups excluding carboxylic acids is 1. The number of hydrogen-bond donors (Lipinski definition) is 1. The van der Waals surface area contributed by atoms with E-state index in [4.69, 9.17) is 5.73 Å². The van der Waals surface area contributed by atoms with Crippen molar-refractivity contribution in [2.45, 2.75) is 12.8 Å². The van der Waals surface area contributed by atoms with Gasteiger partial charge in [-0.05, 0) is 18.8 Å². The largest absolute Gasteiger partial charge is 0.364 e. The number of primary amides is 1. The van der Waals surface area contributed by atoms with E-state index in [0.717, 1.165) is 18.1 Å². The highest BCUT2D eigenvalue weighted by Crippen LogP contribution is 2.54. The summed E-state index contributed by atoms with van der Waals surface area (Å²) >= 11 is 0. The summed E-state index contributed by atoms with van der Waals surface area (Å²) in [6.45, 7) is 0. The van der Waals surface area contributed by atoms with Crippen LogP contribution in [0.4, 0.5) is 0 Å². The average molecular weight is 163 g/mol. The fraction of sp³-hybridized carbons (Fsp3) is 0.625. The van der Waals surface area contributed by atoms with E-state index in [0.29, 0.717) is 11.6 Å². The van der Waals surface area contributed by atoms with E-state index < -0.39 is 5.91 Å². The molecule has 4 heteroatoms. The molecule has 2 N–H and O–H groups in total. The molecule has 0 saturated heterocycles. The predicted molar refractivity (Wildman–Crippen MR) is 43.8 cm³/mol. The summed E-state index contributed by atoms with van der Waals surface area (Å²) in [5, 5.41) is 7.85. The molecular weight excluding hydrogens is 154 g/mol. The summed E-state index contributed by atoms with van der Waals surface area (Å²) in [5.74, 6) is 1.19. The lowest BCUT2D eigenvalue weighted by Crippen LogP contribution is -2.30. The van der Waals surface area contributed by atoms with Crippen molar-refractivity contribution in [1.82, 2.24) is 0 Å². The lowest BCUT2D eigenvalue weighted by atomic mass is 9.96. The Morgan fingerprint density at radius 1 is 1.42 bits per heavy atom. The Morgan fingerprint density at radius 2 is 2.25 bits per heavy atom. The topological polar surface area (TPSA) is 67.8 Å². The number of carbonyl (C=O) groups is 1. The first-order valence-electron chi connectivity index (χ1n) is 4.22. The van der Waals surface area contributed by atoms with Crippen molar-refractivity contribution in [1.29, 1.82) is 0 Å². The molecule has 3 atom stereocenters. The number of amides is 1. The highest BCUT2D eigenvalue weighted by atomic mass is 16.1. The van der Waals surface area contributed by atoms with Gasteiger partial charge in [0.05, 0.1) is 5.71 Å². The summed E-state index contributed by atoms with van der Waals surface area (Å²) < 4.78 is 0. The standard InChI is InChI=1S/C8H9N3O/c9-8(12)7-5-2-3-1-4(3)6(5)10-11-7/h3-5H,1-2H2,(H2,9,12). The second kappa shape index (κ2) is 1.76. The van der Waals surface area contributed by atoms with E-state index in [2.05, 4.69) is 10.2 Å². The molecule has 0 bridgehead atoms. The first kappa shape index (κ1) is 6.34. The maximum atomic E-state index is 10.9. The van der Waals surface area contributed by atoms with Crippen molar-refractivity contribution in [2.75, 3.05) is 0 Å². The van der Waals surface area contributed by atoms with E-state index in [-0.39, 0.29) is 5.92 Å².